The van der Waals surface area contributed by atoms with Gasteiger partial charge < -0.3 is 14.8 Å². The van der Waals surface area contributed by atoms with Crippen molar-refractivity contribution in [1.29, 1.82) is 0 Å². The monoisotopic (exact) mass is 277 g/mol. The largest absolute Gasteiger partial charge is 0.491 e. The zero-order chi connectivity index (χ0) is 14.0. The molecule has 1 aromatic rings. The van der Waals surface area contributed by atoms with E-state index in [0.29, 0.717) is 13.2 Å². The van der Waals surface area contributed by atoms with Gasteiger partial charge >= 0.3 is 0 Å². The Morgan fingerprint density at radius 3 is 2.55 bits per heavy atom. The molecule has 112 valence electrons. The van der Waals surface area contributed by atoms with E-state index >= 15 is 0 Å². The lowest BCUT2D eigenvalue weighted by molar-refractivity contribution is 0.110. The van der Waals surface area contributed by atoms with Crippen molar-refractivity contribution in [3.63, 3.8) is 0 Å². The second kappa shape index (κ2) is 8.98. The fraction of sp³-hybridized carbons (Fsp3) is 0.647. The molecule has 0 bridgehead atoms. The number of piperidine rings is 1. The van der Waals surface area contributed by atoms with E-state index in [9.17, 15) is 0 Å². The van der Waals surface area contributed by atoms with Crippen LogP contribution in [0.15, 0.2) is 24.3 Å². The molecule has 1 aliphatic heterocycles. The summed E-state index contributed by atoms with van der Waals surface area (Å²) >= 11 is 0. The smallest absolute Gasteiger partial charge is 0.119 e. The molecule has 0 aliphatic carbocycles. The highest BCUT2D eigenvalue weighted by molar-refractivity contribution is 5.27. The minimum atomic E-state index is 0.627. The Hall–Kier alpha value is -1.06. The molecule has 1 heterocycles. The Kier molecular flexibility index (Phi) is 6.89. The lowest BCUT2D eigenvalue weighted by Gasteiger charge is -2.22. The average molecular weight is 277 g/mol. The molecular formula is C17H27NO2. The van der Waals surface area contributed by atoms with Crippen LogP contribution in [0.1, 0.15) is 31.7 Å². The van der Waals surface area contributed by atoms with Gasteiger partial charge in [-0.15, -0.1) is 0 Å². The lowest BCUT2D eigenvalue weighted by Crippen LogP contribution is -2.27. The van der Waals surface area contributed by atoms with Crippen LogP contribution >= 0.6 is 0 Å². The van der Waals surface area contributed by atoms with Crippen molar-refractivity contribution >= 4 is 0 Å². The van der Waals surface area contributed by atoms with Gasteiger partial charge in [-0.1, -0.05) is 12.1 Å². The topological polar surface area (TPSA) is 30.5 Å². The predicted octanol–water partition coefficient (Wildman–Crippen LogP) is 3.03. The molecule has 1 saturated heterocycles. The third kappa shape index (κ3) is 5.51. The molecule has 0 spiro atoms. The Morgan fingerprint density at radius 1 is 1.10 bits per heavy atom. The Bertz CT molecular complexity index is 358. The van der Waals surface area contributed by atoms with Gasteiger partial charge in [0.1, 0.15) is 12.4 Å². The molecule has 1 aliphatic rings. The summed E-state index contributed by atoms with van der Waals surface area (Å²) < 4.78 is 10.9. The van der Waals surface area contributed by atoms with E-state index in [1.807, 2.05) is 6.92 Å². The van der Waals surface area contributed by atoms with Crippen LogP contribution in [0, 0.1) is 5.92 Å². The molecule has 0 radical (unpaired) electrons. The summed E-state index contributed by atoms with van der Waals surface area (Å²) in [6, 6.07) is 8.53. The zero-order valence-electron chi connectivity index (χ0n) is 12.6. The first-order valence-electron chi connectivity index (χ1n) is 7.88. The highest BCUT2D eigenvalue weighted by Gasteiger charge is 2.12. The maximum absolute atomic E-state index is 5.62. The Labute approximate surface area is 122 Å². The van der Waals surface area contributed by atoms with E-state index in [1.165, 1.54) is 44.3 Å². The molecule has 2 rings (SSSR count). The molecule has 0 saturated carbocycles. The number of hydrogen-bond acceptors (Lipinski definition) is 3. The first-order valence-corrected chi connectivity index (χ1v) is 7.88. The van der Waals surface area contributed by atoms with Gasteiger partial charge in [0, 0.05) is 6.61 Å². The molecule has 1 N–H and O–H groups in total. The molecule has 1 fully saturated rings. The van der Waals surface area contributed by atoms with Gasteiger partial charge in [-0.05, 0) is 69.3 Å². The van der Waals surface area contributed by atoms with Crippen LogP contribution in [-0.2, 0) is 11.2 Å². The standard InChI is InChI=1S/C17H27NO2/c1-2-19-13-14-20-17-7-5-15(6-8-17)3-4-16-9-11-18-12-10-16/h5-8,16,18H,2-4,9-14H2,1H3. The Balaban J connectivity index is 1.68. The van der Waals surface area contributed by atoms with Crippen LogP contribution in [0.2, 0.25) is 0 Å². The minimum absolute atomic E-state index is 0.627. The van der Waals surface area contributed by atoms with Gasteiger partial charge in [0.05, 0.1) is 6.61 Å². The van der Waals surface area contributed by atoms with Crippen molar-refractivity contribution in [2.24, 2.45) is 5.92 Å². The summed E-state index contributed by atoms with van der Waals surface area (Å²) in [7, 11) is 0. The third-order valence-electron chi connectivity index (χ3n) is 3.92. The van der Waals surface area contributed by atoms with Gasteiger partial charge in [0.15, 0.2) is 0 Å². The number of hydrogen-bond donors (Lipinski definition) is 1. The van der Waals surface area contributed by atoms with Gasteiger partial charge in [0.25, 0.3) is 0 Å². The van der Waals surface area contributed by atoms with Crippen molar-refractivity contribution in [3.05, 3.63) is 29.8 Å². The number of benzene rings is 1. The summed E-state index contributed by atoms with van der Waals surface area (Å²) in [4.78, 5) is 0. The van der Waals surface area contributed by atoms with Crippen LogP contribution in [0.3, 0.4) is 0 Å². The SMILES string of the molecule is CCOCCOc1ccc(CCC2CCNCC2)cc1. The van der Waals surface area contributed by atoms with Crippen LogP contribution in [0.25, 0.3) is 0 Å². The summed E-state index contributed by atoms with van der Waals surface area (Å²) in [5, 5.41) is 3.42. The van der Waals surface area contributed by atoms with Crippen LogP contribution in [0.4, 0.5) is 0 Å². The number of rotatable bonds is 8. The zero-order valence-corrected chi connectivity index (χ0v) is 12.6. The van der Waals surface area contributed by atoms with Crippen molar-refractivity contribution in [1.82, 2.24) is 5.32 Å². The van der Waals surface area contributed by atoms with Crippen LogP contribution in [-0.4, -0.2) is 32.9 Å². The second-order valence-electron chi connectivity index (χ2n) is 5.42. The van der Waals surface area contributed by atoms with E-state index in [4.69, 9.17) is 9.47 Å². The van der Waals surface area contributed by atoms with Crippen LogP contribution in [0.5, 0.6) is 5.75 Å². The van der Waals surface area contributed by atoms with E-state index in [2.05, 4.69) is 29.6 Å². The summed E-state index contributed by atoms with van der Waals surface area (Å²) in [6.45, 7) is 6.42. The van der Waals surface area contributed by atoms with E-state index in [1.54, 1.807) is 0 Å². The fourth-order valence-corrected chi connectivity index (χ4v) is 2.66. The minimum Gasteiger partial charge on any atom is -0.491 e. The average Bonchev–Trinajstić information content (AvgIpc) is 2.52. The number of aryl methyl sites for hydroxylation is 1. The van der Waals surface area contributed by atoms with Crippen LogP contribution < -0.4 is 10.1 Å². The second-order valence-corrected chi connectivity index (χ2v) is 5.42. The van der Waals surface area contributed by atoms with Crippen molar-refractivity contribution in [2.75, 3.05) is 32.9 Å². The van der Waals surface area contributed by atoms with E-state index in [-0.39, 0.29) is 0 Å². The van der Waals surface area contributed by atoms with Gasteiger partial charge in [0.2, 0.25) is 0 Å². The van der Waals surface area contributed by atoms with E-state index in [0.717, 1.165) is 18.3 Å². The van der Waals surface area contributed by atoms with E-state index < -0.39 is 0 Å². The first kappa shape index (κ1) is 15.3. The maximum atomic E-state index is 5.62. The first-order chi connectivity index (χ1) is 9.88. The molecule has 3 nitrogen and oxygen atoms in total. The maximum Gasteiger partial charge on any atom is 0.119 e. The highest BCUT2D eigenvalue weighted by Crippen LogP contribution is 2.20. The molecule has 1 aromatic carbocycles. The fourth-order valence-electron chi connectivity index (χ4n) is 2.66. The lowest BCUT2D eigenvalue weighted by atomic mass is 9.91. The van der Waals surface area contributed by atoms with Crippen molar-refractivity contribution < 1.29 is 9.47 Å². The number of nitrogens with one attached hydrogen (secondary N) is 1. The Morgan fingerprint density at radius 2 is 1.85 bits per heavy atom. The molecule has 0 unspecified atom stereocenters. The predicted molar refractivity (Wildman–Crippen MR) is 82.3 cm³/mol. The molecular weight excluding hydrogens is 250 g/mol. The van der Waals surface area contributed by atoms with Crippen molar-refractivity contribution in [3.8, 4) is 5.75 Å². The van der Waals surface area contributed by atoms with Gasteiger partial charge in [-0.2, -0.15) is 0 Å². The third-order valence-corrected chi connectivity index (χ3v) is 3.92. The summed E-state index contributed by atoms with van der Waals surface area (Å²) in [6.07, 6.45) is 5.16. The highest BCUT2D eigenvalue weighted by atomic mass is 16.5. The summed E-state index contributed by atoms with van der Waals surface area (Å²) in [5.41, 5.74) is 1.42. The number of ether oxygens (including phenoxy) is 2. The quantitative estimate of drug-likeness (QED) is 0.741. The van der Waals surface area contributed by atoms with Crippen molar-refractivity contribution in [2.45, 2.75) is 32.6 Å². The van der Waals surface area contributed by atoms with Gasteiger partial charge in [-0.3, -0.25) is 0 Å². The molecule has 0 amide bonds. The van der Waals surface area contributed by atoms with Gasteiger partial charge in [-0.25, -0.2) is 0 Å². The molecule has 0 aromatic heterocycles. The summed E-state index contributed by atoms with van der Waals surface area (Å²) in [5.74, 6) is 1.84. The molecule has 0 atom stereocenters. The normalized spacial score (nSPS) is 16.2. The molecule has 3 heteroatoms. The molecule has 20 heavy (non-hydrogen) atoms.